The van der Waals surface area contributed by atoms with Crippen molar-refractivity contribution < 1.29 is 4.79 Å². The van der Waals surface area contributed by atoms with Gasteiger partial charge in [-0.15, -0.1) is 0 Å². The third-order valence-corrected chi connectivity index (χ3v) is 4.69. The van der Waals surface area contributed by atoms with Crippen molar-refractivity contribution in [2.24, 2.45) is 0 Å². The summed E-state index contributed by atoms with van der Waals surface area (Å²) in [5.74, 6) is 0.136. The molecule has 2 unspecified atom stereocenters. The highest BCUT2D eigenvalue weighted by Crippen LogP contribution is 2.23. The summed E-state index contributed by atoms with van der Waals surface area (Å²) in [7, 11) is 0. The molecule has 1 aromatic rings. The standard InChI is InChI=1S/C16H26N4O/c1-11-14(9-17-20(11)16(2,3)4)15(21)19-8-7-12-5-6-13(10-19)18-12/h9,12-13,18H,5-8,10H2,1-4H3. The van der Waals surface area contributed by atoms with Gasteiger partial charge in [-0.3, -0.25) is 9.48 Å². The fourth-order valence-electron chi connectivity index (χ4n) is 3.59. The number of fused-ring (bicyclic) bond motifs is 2. The summed E-state index contributed by atoms with van der Waals surface area (Å²) in [5, 5.41) is 8.05. The van der Waals surface area contributed by atoms with Gasteiger partial charge < -0.3 is 10.2 Å². The van der Waals surface area contributed by atoms with Crippen LogP contribution in [0.25, 0.3) is 0 Å². The minimum absolute atomic E-state index is 0.0952. The second kappa shape index (κ2) is 5.13. The Morgan fingerprint density at radius 1 is 1.29 bits per heavy atom. The van der Waals surface area contributed by atoms with E-state index < -0.39 is 0 Å². The summed E-state index contributed by atoms with van der Waals surface area (Å²) in [4.78, 5) is 14.8. The van der Waals surface area contributed by atoms with Crippen LogP contribution in [0.15, 0.2) is 6.20 Å². The van der Waals surface area contributed by atoms with Crippen LogP contribution >= 0.6 is 0 Å². The number of carbonyl (C=O) groups is 1. The second-order valence-corrected chi connectivity index (χ2v) is 7.40. The van der Waals surface area contributed by atoms with Gasteiger partial charge in [0.05, 0.1) is 17.3 Å². The van der Waals surface area contributed by atoms with E-state index in [1.807, 2.05) is 16.5 Å². The molecular formula is C16H26N4O. The first-order valence-electron chi connectivity index (χ1n) is 7.96. The second-order valence-electron chi connectivity index (χ2n) is 7.40. The third kappa shape index (κ3) is 2.71. The molecule has 21 heavy (non-hydrogen) atoms. The largest absolute Gasteiger partial charge is 0.337 e. The van der Waals surface area contributed by atoms with Gasteiger partial charge >= 0.3 is 0 Å². The van der Waals surface area contributed by atoms with Crippen molar-refractivity contribution in [3.8, 4) is 0 Å². The number of nitrogens with one attached hydrogen (secondary N) is 1. The molecule has 5 nitrogen and oxygen atoms in total. The maximum atomic E-state index is 12.8. The van der Waals surface area contributed by atoms with Crippen molar-refractivity contribution >= 4 is 5.91 Å². The average Bonchev–Trinajstić information content (AvgIpc) is 2.91. The Morgan fingerprint density at radius 3 is 2.67 bits per heavy atom. The Balaban J connectivity index is 1.81. The van der Waals surface area contributed by atoms with Gasteiger partial charge in [0.25, 0.3) is 5.91 Å². The molecule has 0 aromatic carbocycles. The van der Waals surface area contributed by atoms with Crippen LogP contribution in [-0.4, -0.2) is 45.8 Å². The van der Waals surface area contributed by atoms with Crippen molar-refractivity contribution in [3.05, 3.63) is 17.5 Å². The SMILES string of the molecule is Cc1c(C(=O)N2CCC3CCC(C2)N3)cnn1C(C)(C)C. The topological polar surface area (TPSA) is 50.2 Å². The van der Waals surface area contributed by atoms with Gasteiger partial charge in [-0.05, 0) is 47.0 Å². The van der Waals surface area contributed by atoms with E-state index in [2.05, 4.69) is 31.2 Å². The fourth-order valence-corrected chi connectivity index (χ4v) is 3.59. The van der Waals surface area contributed by atoms with Crippen LogP contribution in [0.4, 0.5) is 0 Å². The molecular weight excluding hydrogens is 264 g/mol. The predicted molar refractivity (Wildman–Crippen MR) is 82.4 cm³/mol. The highest BCUT2D eigenvalue weighted by Gasteiger charge is 2.32. The molecule has 116 valence electrons. The van der Waals surface area contributed by atoms with E-state index in [1.165, 1.54) is 12.8 Å². The zero-order valence-electron chi connectivity index (χ0n) is 13.5. The normalized spacial score (nSPS) is 26.0. The van der Waals surface area contributed by atoms with E-state index in [-0.39, 0.29) is 11.4 Å². The number of rotatable bonds is 1. The molecule has 1 N–H and O–H groups in total. The summed E-state index contributed by atoms with van der Waals surface area (Å²) < 4.78 is 1.95. The van der Waals surface area contributed by atoms with E-state index in [0.717, 1.165) is 30.8 Å². The molecule has 5 heteroatoms. The fraction of sp³-hybridized carbons (Fsp3) is 0.750. The Morgan fingerprint density at radius 2 is 2.00 bits per heavy atom. The van der Waals surface area contributed by atoms with Crippen LogP contribution in [0, 0.1) is 6.92 Å². The van der Waals surface area contributed by atoms with E-state index in [1.54, 1.807) is 6.20 Å². The lowest BCUT2D eigenvalue weighted by atomic mass is 10.1. The summed E-state index contributed by atoms with van der Waals surface area (Å²) in [5.41, 5.74) is 1.62. The van der Waals surface area contributed by atoms with Crippen molar-refractivity contribution in [1.29, 1.82) is 0 Å². The van der Waals surface area contributed by atoms with Gasteiger partial charge in [0.15, 0.2) is 0 Å². The maximum absolute atomic E-state index is 12.8. The molecule has 2 atom stereocenters. The first kappa shape index (κ1) is 14.6. The van der Waals surface area contributed by atoms with E-state index in [4.69, 9.17) is 0 Å². The molecule has 2 aliphatic heterocycles. The molecule has 0 radical (unpaired) electrons. The average molecular weight is 290 g/mol. The monoisotopic (exact) mass is 290 g/mol. The molecule has 0 saturated carbocycles. The van der Waals surface area contributed by atoms with Crippen LogP contribution in [0.2, 0.25) is 0 Å². The molecule has 3 rings (SSSR count). The van der Waals surface area contributed by atoms with Crippen LogP contribution in [0.1, 0.15) is 56.1 Å². The van der Waals surface area contributed by atoms with Gasteiger partial charge in [-0.2, -0.15) is 5.10 Å². The molecule has 1 amide bonds. The van der Waals surface area contributed by atoms with Crippen LogP contribution in [-0.2, 0) is 5.54 Å². The number of hydrogen-bond acceptors (Lipinski definition) is 3. The number of likely N-dealkylation sites (tertiary alicyclic amines) is 1. The van der Waals surface area contributed by atoms with E-state index in [9.17, 15) is 4.79 Å². The number of amides is 1. The van der Waals surface area contributed by atoms with Crippen molar-refractivity contribution in [2.45, 2.75) is 64.6 Å². The van der Waals surface area contributed by atoms with Gasteiger partial charge in [0, 0.05) is 30.9 Å². The molecule has 2 fully saturated rings. The minimum atomic E-state index is -0.0952. The van der Waals surface area contributed by atoms with E-state index >= 15 is 0 Å². The number of nitrogens with zero attached hydrogens (tertiary/aromatic N) is 3. The van der Waals surface area contributed by atoms with Crippen molar-refractivity contribution in [3.63, 3.8) is 0 Å². The zero-order valence-corrected chi connectivity index (χ0v) is 13.5. The molecule has 0 aliphatic carbocycles. The Hall–Kier alpha value is -1.36. The smallest absolute Gasteiger partial charge is 0.257 e. The quantitative estimate of drug-likeness (QED) is 0.859. The first-order chi connectivity index (χ1) is 9.86. The third-order valence-electron chi connectivity index (χ3n) is 4.69. The molecule has 1 aromatic heterocycles. The molecule has 2 bridgehead atoms. The molecule has 2 saturated heterocycles. The van der Waals surface area contributed by atoms with Crippen LogP contribution in [0.5, 0.6) is 0 Å². The minimum Gasteiger partial charge on any atom is -0.337 e. The maximum Gasteiger partial charge on any atom is 0.257 e. The number of aromatic nitrogens is 2. The number of hydrogen-bond donors (Lipinski definition) is 1. The molecule has 2 aliphatic rings. The Labute approximate surface area is 126 Å². The Kier molecular flexibility index (Phi) is 3.56. The summed E-state index contributed by atoms with van der Waals surface area (Å²) in [6.45, 7) is 10.00. The van der Waals surface area contributed by atoms with E-state index in [0.29, 0.717) is 12.1 Å². The van der Waals surface area contributed by atoms with Gasteiger partial charge in [0.2, 0.25) is 0 Å². The summed E-state index contributed by atoms with van der Waals surface area (Å²) >= 11 is 0. The van der Waals surface area contributed by atoms with Gasteiger partial charge in [-0.25, -0.2) is 0 Å². The van der Waals surface area contributed by atoms with Crippen LogP contribution < -0.4 is 5.32 Å². The molecule has 3 heterocycles. The van der Waals surface area contributed by atoms with Gasteiger partial charge in [-0.1, -0.05) is 0 Å². The lowest BCUT2D eigenvalue weighted by Gasteiger charge is -2.25. The van der Waals surface area contributed by atoms with Crippen molar-refractivity contribution in [1.82, 2.24) is 20.0 Å². The van der Waals surface area contributed by atoms with Crippen molar-refractivity contribution in [2.75, 3.05) is 13.1 Å². The van der Waals surface area contributed by atoms with Crippen LogP contribution in [0.3, 0.4) is 0 Å². The predicted octanol–water partition coefficient (Wildman–Crippen LogP) is 1.91. The zero-order chi connectivity index (χ0) is 15.2. The number of carbonyl (C=O) groups excluding carboxylic acids is 1. The lowest BCUT2D eigenvalue weighted by molar-refractivity contribution is 0.0747. The summed E-state index contributed by atoms with van der Waals surface area (Å²) in [6, 6.07) is 1.07. The lowest BCUT2D eigenvalue weighted by Crippen LogP contribution is -2.39. The highest BCUT2D eigenvalue weighted by molar-refractivity contribution is 5.95. The Bertz CT molecular complexity index is 543. The first-order valence-corrected chi connectivity index (χ1v) is 7.96. The molecule has 0 spiro atoms. The summed E-state index contributed by atoms with van der Waals surface area (Å²) in [6.07, 6.45) is 5.25. The van der Waals surface area contributed by atoms with Gasteiger partial charge in [0.1, 0.15) is 0 Å². The highest BCUT2D eigenvalue weighted by atomic mass is 16.2.